The van der Waals surface area contributed by atoms with E-state index in [1.54, 1.807) is 0 Å². The minimum atomic E-state index is 0.531. The van der Waals surface area contributed by atoms with Gasteiger partial charge in [-0.15, -0.1) is 0 Å². The standard InChI is InChI=1S/C19H22ClN/c1-14(11-15-5-3-2-4-6-15)21-19-12-17(13-19)16-7-9-18(20)10-8-16/h2-10,14,17,19,21H,11-13H2,1H3. The Morgan fingerprint density at radius 1 is 1.05 bits per heavy atom. The molecule has 0 aliphatic heterocycles. The molecule has 3 rings (SSSR count). The fourth-order valence-corrected chi connectivity index (χ4v) is 3.32. The van der Waals surface area contributed by atoms with Crippen molar-refractivity contribution in [2.75, 3.05) is 0 Å². The molecule has 0 heterocycles. The van der Waals surface area contributed by atoms with Crippen molar-refractivity contribution in [2.24, 2.45) is 0 Å². The maximum atomic E-state index is 5.94. The van der Waals surface area contributed by atoms with Gasteiger partial charge in [-0.1, -0.05) is 54.1 Å². The van der Waals surface area contributed by atoms with E-state index >= 15 is 0 Å². The van der Waals surface area contributed by atoms with E-state index in [1.807, 2.05) is 12.1 Å². The van der Waals surface area contributed by atoms with Crippen LogP contribution in [0.1, 0.15) is 36.8 Å². The smallest absolute Gasteiger partial charge is 0.0406 e. The van der Waals surface area contributed by atoms with Gasteiger partial charge in [0.2, 0.25) is 0 Å². The largest absolute Gasteiger partial charge is 0.311 e. The third-order valence-electron chi connectivity index (χ3n) is 4.38. The molecule has 0 bridgehead atoms. The Morgan fingerprint density at radius 2 is 1.71 bits per heavy atom. The normalized spacial score (nSPS) is 22.6. The van der Waals surface area contributed by atoms with Crippen molar-refractivity contribution in [1.82, 2.24) is 5.32 Å². The lowest BCUT2D eigenvalue weighted by molar-refractivity contribution is 0.269. The van der Waals surface area contributed by atoms with E-state index < -0.39 is 0 Å². The number of halogens is 1. The first kappa shape index (κ1) is 14.6. The van der Waals surface area contributed by atoms with Crippen LogP contribution in [0.3, 0.4) is 0 Å². The highest BCUT2D eigenvalue weighted by Crippen LogP contribution is 2.37. The van der Waals surface area contributed by atoms with Crippen molar-refractivity contribution < 1.29 is 0 Å². The Kier molecular flexibility index (Phi) is 4.62. The van der Waals surface area contributed by atoms with Gasteiger partial charge in [-0.25, -0.2) is 0 Å². The second-order valence-electron chi connectivity index (χ2n) is 6.17. The van der Waals surface area contributed by atoms with E-state index in [-0.39, 0.29) is 0 Å². The van der Waals surface area contributed by atoms with Crippen molar-refractivity contribution in [1.29, 1.82) is 0 Å². The number of rotatable bonds is 5. The molecule has 1 fully saturated rings. The molecule has 1 saturated carbocycles. The van der Waals surface area contributed by atoms with Crippen LogP contribution in [0.2, 0.25) is 5.02 Å². The Morgan fingerprint density at radius 3 is 2.38 bits per heavy atom. The molecule has 0 aromatic heterocycles. The lowest BCUT2D eigenvalue weighted by atomic mass is 9.75. The number of hydrogen-bond acceptors (Lipinski definition) is 1. The van der Waals surface area contributed by atoms with Gasteiger partial charge in [0.1, 0.15) is 0 Å². The zero-order valence-electron chi connectivity index (χ0n) is 12.4. The summed E-state index contributed by atoms with van der Waals surface area (Å²) in [6.07, 6.45) is 3.57. The van der Waals surface area contributed by atoms with Crippen LogP contribution in [0, 0.1) is 0 Å². The summed E-state index contributed by atoms with van der Waals surface area (Å²) in [5.41, 5.74) is 2.83. The first-order valence-corrected chi connectivity index (χ1v) is 8.14. The number of benzene rings is 2. The van der Waals surface area contributed by atoms with E-state index in [0.29, 0.717) is 18.0 Å². The molecule has 1 unspecified atom stereocenters. The molecular formula is C19H22ClN. The molecule has 21 heavy (non-hydrogen) atoms. The molecule has 0 radical (unpaired) electrons. The van der Waals surface area contributed by atoms with E-state index in [0.717, 1.165) is 11.4 Å². The summed E-state index contributed by atoms with van der Waals surface area (Å²) in [7, 11) is 0. The van der Waals surface area contributed by atoms with Crippen LogP contribution in [-0.4, -0.2) is 12.1 Å². The average molecular weight is 300 g/mol. The Bertz CT molecular complexity index is 558. The zero-order valence-corrected chi connectivity index (χ0v) is 13.2. The molecule has 0 saturated heterocycles. The molecule has 1 N–H and O–H groups in total. The van der Waals surface area contributed by atoms with Gasteiger partial charge >= 0.3 is 0 Å². The predicted molar refractivity (Wildman–Crippen MR) is 90.0 cm³/mol. The molecular weight excluding hydrogens is 278 g/mol. The Balaban J connectivity index is 1.45. The fourth-order valence-electron chi connectivity index (χ4n) is 3.19. The van der Waals surface area contributed by atoms with Gasteiger partial charge in [0, 0.05) is 17.1 Å². The molecule has 0 spiro atoms. The summed E-state index contributed by atoms with van der Waals surface area (Å²) in [5.74, 6) is 0.698. The van der Waals surface area contributed by atoms with Crippen LogP contribution in [-0.2, 0) is 6.42 Å². The monoisotopic (exact) mass is 299 g/mol. The van der Waals surface area contributed by atoms with Crippen LogP contribution in [0.4, 0.5) is 0 Å². The van der Waals surface area contributed by atoms with Crippen LogP contribution < -0.4 is 5.32 Å². The minimum absolute atomic E-state index is 0.531. The van der Waals surface area contributed by atoms with Gasteiger partial charge in [0.25, 0.3) is 0 Å². The molecule has 0 amide bonds. The van der Waals surface area contributed by atoms with Gasteiger partial charge < -0.3 is 5.32 Å². The predicted octanol–water partition coefficient (Wildman–Crippen LogP) is 4.81. The number of nitrogens with one attached hydrogen (secondary N) is 1. The van der Waals surface area contributed by atoms with Crippen LogP contribution >= 0.6 is 11.6 Å². The summed E-state index contributed by atoms with van der Waals surface area (Å²) >= 11 is 5.94. The Labute approximate surface area is 132 Å². The fraction of sp³-hybridized carbons (Fsp3) is 0.368. The summed E-state index contributed by atoms with van der Waals surface area (Å²) in [4.78, 5) is 0. The third-order valence-corrected chi connectivity index (χ3v) is 4.64. The molecule has 2 aromatic carbocycles. The van der Waals surface area contributed by atoms with Gasteiger partial charge in [0.05, 0.1) is 0 Å². The van der Waals surface area contributed by atoms with Gasteiger partial charge in [-0.2, -0.15) is 0 Å². The lowest BCUT2D eigenvalue weighted by Crippen LogP contribution is -2.45. The molecule has 110 valence electrons. The third kappa shape index (κ3) is 3.87. The SMILES string of the molecule is CC(Cc1ccccc1)NC1CC(c2ccc(Cl)cc2)C1. The molecule has 1 aliphatic rings. The summed E-state index contributed by atoms with van der Waals surface area (Å²) < 4.78 is 0. The Hall–Kier alpha value is -1.31. The van der Waals surface area contributed by atoms with E-state index in [1.165, 1.54) is 24.0 Å². The first-order valence-electron chi connectivity index (χ1n) is 7.76. The van der Waals surface area contributed by atoms with Crippen molar-refractivity contribution >= 4 is 11.6 Å². The number of hydrogen-bond donors (Lipinski definition) is 1. The molecule has 1 nitrogen and oxygen atoms in total. The maximum Gasteiger partial charge on any atom is 0.0406 e. The summed E-state index contributed by atoms with van der Waals surface area (Å²) in [6, 6.07) is 20.2. The van der Waals surface area contributed by atoms with Crippen molar-refractivity contribution in [3.8, 4) is 0 Å². The molecule has 2 heteroatoms. The van der Waals surface area contributed by atoms with Crippen molar-refractivity contribution in [2.45, 2.75) is 44.2 Å². The second kappa shape index (κ2) is 6.64. The highest BCUT2D eigenvalue weighted by molar-refractivity contribution is 6.30. The van der Waals surface area contributed by atoms with Gasteiger partial charge in [-0.3, -0.25) is 0 Å². The highest BCUT2D eigenvalue weighted by atomic mass is 35.5. The zero-order chi connectivity index (χ0) is 14.7. The maximum absolute atomic E-state index is 5.94. The van der Waals surface area contributed by atoms with E-state index in [2.05, 4.69) is 54.7 Å². The van der Waals surface area contributed by atoms with E-state index in [9.17, 15) is 0 Å². The van der Waals surface area contributed by atoms with Crippen LogP contribution in [0.25, 0.3) is 0 Å². The van der Waals surface area contributed by atoms with Crippen LogP contribution in [0.5, 0.6) is 0 Å². The van der Waals surface area contributed by atoms with E-state index in [4.69, 9.17) is 11.6 Å². The highest BCUT2D eigenvalue weighted by Gasteiger charge is 2.30. The minimum Gasteiger partial charge on any atom is -0.311 e. The van der Waals surface area contributed by atoms with Gasteiger partial charge in [-0.05, 0) is 55.4 Å². The van der Waals surface area contributed by atoms with Crippen molar-refractivity contribution in [3.63, 3.8) is 0 Å². The second-order valence-corrected chi connectivity index (χ2v) is 6.61. The lowest BCUT2D eigenvalue weighted by Gasteiger charge is -2.38. The summed E-state index contributed by atoms with van der Waals surface area (Å²) in [5, 5.41) is 4.57. The van der Waals surface area contributed by atoms with Gasteiger partial charge in [0.15, 0.2) is 0 Å². The van der Waals surface area contributed by atoms with Crippen molar-refractivity contribution in [3.05, 3.63) is 70.7 Å². The topological polar surface area (TPSA) is 12.0 Å². The summed E-state index contributed by atoms with van der Waals surface area (Å²) in [6.45, 7) is 2.28. The molecule has 1 atom stereocenters. The average Bonchev–Trinajstić information content (AvgIpc) is 2.45. The quantitative estimate of drug-likeness (QED) is 0.835. The first-order chi connectivity index (χ1) is 10.2. The molecule has 1 aliphatic carbocycles. The molecule has 2 aromatic rings. The van der Waals surface area contributed by atoms with Crippen LogP contribution in [0.15, 0.2) is 54.6 Å².